The van der Waals surface area contributed by atoms with E-state index in [1.54, 1.807) is 0 Å². The van der Waals surface area contributed by atoms with Gasteiger partial charge < -0.3 is 9.47 Å². The SMILES string of the molecule is COC12NC(=O)N(C)C1(OC)N(C)C(=O)N(C)C2=O. The highest BCUT2D eigenvalue weighted by molar-refractivity contribution is 6.06. The lowest BCUT2D eigenvalue weighted by atomic mass is 10.0. The molecule has 9 nitrogen and oxygen atoms in total. The number of likely N-dealkylation sites (N-methyl/N-ethyl adjacent to an activating group) is 3. The Morgan fingerprint density at radius 2 is 1.58 bits per heavy atom. The fourth-order valence-corrected chi connectivity index (χ4v) is 2.71. The zero-order valence-electron chi connectivity index (χ0n) is 11.4. The van der Waals surface area contributed by atoms with Gasteiger partial charge in [-0.3, -0.25) is 24.8 Å². The van der Waals surface area contributed by atoms with Crippen molar-refractivity contribution >= 4 is 18.0 Å². The van der Waals surface area contributed by atoms with Gasteiger partial charge in [0.05, 0.1) is 0 Å². The van der Waals surface area contributed by atoms with Crippen molar-refractivity contribution in [3.05, 3.63) is 0 Å². The van der Waals surface area contributed by atoms with Gasteiger partial charge in [-0.05, 0) is 0 Å². The van der Waals surface area contributed by atoms with E-state index in [2.05, 4.69) is 5.32 Å². The third-order valence-corrected chi connectivity index (χ3v) is 3.73. The van der Waals surface area contributed by atoms with Crippen molar-refractivity contribution in [2.45, 2.75) is 11.6 Å². The lowest BCUT2D eigenvalue weighted by molar-refractivity contribution is -0.281. The Morgan fingerprint density at radius 1 is 1.00 bits per heavy atom. The van der Waals surface area contributed by atoms with E-state index >= 15 is 0 Å². The van der Waals surface area contributed by atoms with Crippen LogP contribution in [0.5, 0.6) is 0 Å². The van der Waals surface area contributed by atoms with Crippen LogP contribution in [-0.4, -0.2) is 79.6 Å². The van der Waals surface area contributed by atoms with Gasteiger partial charge in [-0.1, -0.05) is 0 Å². The summed E-state index contributed by atoms with van der Waals surface area (Å²) >= 11 is 0. The van der Waals surface area contributed by atoms with Gasteiger partial charge in [0.1, 0.15) is 0 Å². The number of carbonyl (C=O) groups excluding carboxylic acids is 3. The van der Waals surface area contributed by atoms with Crippen LogP contribution in [0.25, 0.3) is 0 Å². The molecule has 106 valence electrons. The molecule has 0 aromatic heterocycles. The third kappa shape index (κ3) is 1.19. The average molecular weight is 272 g/mol. The predicted octanol–water partition coefficient (Wildman–Crippen LogP) is -1.19. The smallest absolute Gasteiger partial charge is 0.330 e. The van der Waals surface area contributed by atoms with Gasteiger partial charge in [0.2, 0.25) is 0 Å². The molecule has 9 heteroatoms. The van der Waals surface area contributed by atoms with Crippen LogP contribution in [-0.2, 0) is 14.3 Å². The van der Waals surface area contributed by atoms with E-state index in [0.29, 0.717) is 0 Å². The molecule has 2 rings (SSSR count). The maximum atomic E-state index is 12.4. The summed E-state index contributed by atoms with van der Waals surface area (Å²) < 4.78 is 10.6. The summed E-state index contributed by atoms with van der Waals surface area (Å²) in [6.07, 6.45) is 0. The zero-order chi connectivity index (χ0) is 14.6. The van der Waals surface area contributed by atoms with E-state index in [1.165, 1.54) is 35.4 Å². The summed E-state index contributed by atoms with van der Waals surface area (Å²) in [4.78, 5) is 39.6. The minimum Gasteiger partial charge on any atom is -0.345 e. The van der Waals surface area contributed by atoms with Crippen LogP contribution in [0.4, 0.5) is 9.59 Å². The minimum absolute atomic E-state index is 0.577. The molecule has 0 aromatic rings. The Bertz CT molecular complexity index is 469. The number of nitrogens with zero attached hydrogens (tertiary/aromatic N) is 3. The summed E-state index contributed by atoms with van der Waals surface area (Å²) in [6.45, 7) is 0. The zero-order valence-corrected chi connectivity index (χ0v) is 11.4. The molecule has 2 heterocycles. The van der Waals surface area contributed by atoms with Crippen molar-refractivity contribution < 1.29 is 23.9 Å². The molecule has 0 spiro atoms. The van der Waals surface area contributed by atoms with E-state index in [-0.39, 0.29) is 0 Å². The molecule has 2 saturated heterocycles. The Labute approximate surface area is 110 Å². The van der Waals surface area contributed by atoms with Gasteiger partial charge in [0.25, 0.3) is 17.5 Å². The molecule has 1 N–H and O–H groups in total. The minimum atomic E-state index is -1.80. The van der Waals surface area contributed by atoms with Gasteiger partial charge in [0, 0.05) is 35.4 Å². The number of nitrogens with one attached hydrogen (secondary N) is 1. The molecular formula is C10H16N4O5. The Balaban J connectivity index is 2.72. The summed E-state index contributed by atoms with van der Waals surface area (Å²) in [7, 11) is 6.73. The highest BCUT2D eigenvalue weighted by Crippen LogP contribution is 2.42. The van der Waals surface area contributed by atoms with Crippen LogP contribution in [0.1, 0.15) is 0 Å². The fourth-order valence-electron chi connectivity index (χ4n) is 2.71. The van der Waals surface area contributed by atoms with Crippen LogP contribution >= 0.6 is 0 Å². The Kier molecular flexibility index (Phi) is 2.72. The van der Waals surface area contributed by atoms with Crippen LogP contribution in [0.15, 0.2) is 0 Å². The molecule has 0 bridgehead atoms. The molecule has 0 saturated carbocycles. The Hall–Kier alpha value is -1.87. The number of methoxy groups -OCH3 is 2. The molecule has 19 heavy (non-hydrogen) atoms. The first-order chi connectivity index (χ1) is 8.80. The first kappa shape index (κ1) is 13.6. The first-order valence-corrected chi connectivity index (χ1v) is 5.52. The normalized spacial score (nSPS) is 34.8. The quantitative estimate of drug-likeness (QED) is 0.682. The second kappa shape index (κ2) is 3.81. The van der Waals surface area contributed by atoms with Crippen molar-refractivity contribution in [1.29, 1.82) is 0 Å². The number of hydrogen-bond acceptors (Lipinski definition) is 5. The molecule has 2 aliphatic heterocycles. The third-order valence-electron chi connectivity index (χ3n) is 3.73. The summed E-state index contributed by atoms with van der Waals surface area (Å²) in [6, 6.07) is -1.17. The number of hydrogen-bond donors (Lipinski definition) is 1. The van der Waals surface area contributed by atoms with Crippen LogP contribution < -0.4 is 5.32 Å². The second-order valence-electron chi connectivity index (χ2n) is 4.39. The van der Waals surface area contributed by atoms with E-state index in [1.807, 2.05) is 0 Å². The van der Waals surface area contributed by atoms with Crippen molar-refractivity contribution in [2.75, 3.05) is 35.4 Å². The summed E-state index contributed by atoms with van der Waals surface area (Å²) in [5.41, 5.74) is -1.80. The molecule has 2 aliphatic rings. The van der Waals surface area contributed by atoms with Crippen molar-refractivity contribution in [1.82, 2.24) is 20.0 Å². The number of fused-ring (bicyclic) bond motifs is 1. The topological polar surface area (TPSA) is 91.4 Å². The summed E-state index contributed by atoms with van der Waals surface area (Å²) in [5, 5.41) is 2.45. The van der Waals surface area contributed by atoms with E-state index < -0.39 is 29.5 Å². The number of urea groups is 2. The lowest BCUT2D eigenvalue weighted by Gasteiger charge is -2.52. The molecule has 0 radical (unpaired) electrons. The van der Waals surface area contributed by atoms with Gasteiger partial charge in [0.15, 0.2) is 0 Å². The highest BCUT2D eigenvalue weighted by atomic mass is 16.6. The molecule has 0 aromatic carbocycles. The predicted molar refractivity (Wildman–Crippen MR) is 61.7 cm³/mol. The monoisotopic (exact) mass is 272 g/mol. The molecule has 5 amide bonds. The molecule has 2 unspecified atom stereocenters. The van der Waals surface area contributed by atoms with E-state index in [0.717, 1.165) is 14.7 Å². The first-order valence-electron chi connectivity index (χ1n) is 5.52. The fraction of sp³-hybridized carbons (Fsp3) is 0.700. The molecule has 2 atom stereocenters. The standard InChI is InChI=1S/C10H16N4O5/c1-12-6(15)9(18-4)10(19-5,14(3)8(12)17)13(2)7(16)11-9/h1-5H3,(H,11,16). The molecule has 0 aliphatic carbocycles. The van der Waals surface area contributed by atoms with Crippen molar-refractivity contribution in [2.24, 2.45) is 0 Å². The van der Waals surface area contributed by atoms with Gasteiger partial charge in [-0.15, -0.1) is 0 Å². The maximum absolute atomic E-state index is 12.4. The lowest BCUT2D eigenvalue weighted by Crippen LogP contribution is -2.81. The Morgan fingerprint density at radius 3 is 2.05 bits per heavy atom. The largest absolute Gasteiger partial charge is 0.345 e. The van der Waals surface area contributed by atoms with Crippen LogP contribution in [0.2, 0.25) is 0 Å². The maximum Gasteiger partial charge on any atom is 0.330 e. The number of imide groups is 1. The summed E-state index contributed by atoms with van der Waals surface area (Å²) in [5.74, 6) is -2.36. The van der Waals surface area contributed by atoms with Crippen LogP contribution in [0.3, 0.4) is 0 Å². The number of rotatable bonds is 2. The van der Waals surface area contributed by atoms with E-state index in [4.69, 9.17) is 9.47 Å². The average Bonchev–Trinajstić information content (AvgIpc) is 2.64. The number of carbonyl (C=O) groups is 3. The van der Waals surface area contributed by atoms with Crippen LogP contribution in [0, 0.1) is 0 Å². The highest BCUT2D eigenvalue weighted by Gasteiger charge is 2.75. The van der Waals surface area contributed by atoms with Gasteiger partial charge in [-0.2, -0.15) is 0 Å². The number of ether oxygens (including phenoxy) is 2. The molecular weight excluding hydrogens is 256 g/mol. The number of amides is 5. The van der Waals surface area contributed by atoms with Gasteiger partial charge in [-0.25, -0.2) is 9.59 Å². The molecule has 2 fully saturated rings. The van der Waals surface area contributed by atoms with Gasteiger partial charge >= 0.3 is 12.1 Å². The van der Waals surface area contributed by atoms with Crippen molar-refractivity contribution in [3.63, 3.8) is 0 Å². The van der Waals surface area contributed by atoms with E-state index in [9.17, 15) is 14.4 Å². The van der Waals surface area contributed by atoms with Crippen molar-refractivity contribution in [3.8, 4) is 0 Å². The second-order valence-corrected chi connectivity index (χ2v) is 4.39.